The summed E-state index contributed by atoms with van der Waals surface area (Å²) in [5.74, 6) is -1.17. The molecule has 1 saturated carbocycles. The molecule has 0 bridgehead atoms. The molecular weight excluding hydrogens is 1560 g/mol. The van der Waals surface area contributed by atoms with Crippen molar-refractivity contribution < 1.29 is 111 Å². The van der Waals surface area contributed by atoms with E-state index in [2.05, 4.69) is 13.8 Å². The van der Waals surface area contributed by atoms with Crippen LogP contribution in [-0.4, -0.2) is 103 Å². The van der Waals surface area contributed by atoms with Crippen molar-refractivity contribution in [2.75, 3.05) is 48.1 Å². The van der Waals surface area contributed by atoms with Crippen LogP contribution in [0.5, 0.6) is 0 Å². The van der Waals surface area contributed by atoms with Crippen LogP contribution >= 0.6 is 31.3 Å². The zero-order valence-corrected chi connectivity index (χ0v) is 72.4. The SMILES string of the molecule is CCCCCCCCCCCCCCCC(=O)OC[C@H](COP(=O)(OC)OC1[C@H](OCOC)[C@H](OP(=O)(OCc2ccccc2)OCc2ccccc2)C(OP(=O)(OCc2ccccc2)OCc2ccccc2)[C@H](OP(=O)(OCc2ccccc2)OCc2ccccc2)[C@H]1OCOC)OC(=O)CCCCCCCCCCCCCCC. The first-order valence-corrected chi connectivity index (χ1v) is 47.4. The molecule has 0 saturated heterocycles. The third kappa shape index (κ3) is 39.4. The standard InChI is InChI=1S/C88H128O24P4/c1-6-8-10-12-14-16-18-20-22-24-26-28-48-62-81(89)98-70-80(108-82(90)63-49-29-27-25-23-21-19-17-15-13-11-9-7-2)71-107-113(91,97-5)109-85-83(99-72-95-3)86(110-114(92,101-64-74-50-36-30-37-51-74)102-65-75-52-38-31-39-53-75)88(112-116(94,105-68-78-58-44-34-45-59-78)106-69-79-60-46-35-47-61-79)87(84(85)100-73-96-4)111-115(93,103-66-76-54-40-32-41-55-76)104-67-77-56-42-33-43-57-77/h30-47,50-61,80,83-88H,6-29,48-49,62-73H2,1-5H3/t80-,83+,84+,85?,86-,87+,88?,113?/m1/s1. The van der Waals surface area contributed by atoms with E-state index in [0.717, 1.165) is 64.9 Å². The van der Waals surface area contributed by atoms with Crippen LogP contribution in [0.15, 0.2) is 182 Å². The number of phosphoric acid groups is 4. The van der Waals surface area contributed by atoms with Gasteiger partial charge in [0.1, 0.15) is 56.8 Å². The first-order valence-electron chi connectivity index (χ1n) is 41.6. The van der Waals surface area contributed by atoms with Gasteiger partial charge in [0.2, 0.25) is 0 Å². The van der Waals surface area contributed by atoms with E-state index in [4.69, 9.17) is 82.7 Å². The van der Waals surface area contributed by atoms with Crippen molar-refractivity contribution in [3.8, 4) is 0 Å². The summed E-state index contributed by atoms with van der Waals surface area (Å²) in [7, 11) is -17.3. The largest absolute Gasteiger partial charge is 0.475 e. The zero-order valence-electron chi connectivity index (χ0n) is 68.8. The van der Waals surface area contributed by atoms with Crippen molar-refractivity contribution >= 4 is 43.2 Å². The van der Waals surface area contributed by atoms with Gasteiger partial charge in [-0.05, 0) is 46.2 Å². The van der Waals surface area contributed by atoms with Crippen molar-refractivity contribution in [1.82, 2.24) is 0 Å². The molecule has 0 heterocycles. The molecule has 0 amide bonds. The minimum absolute atomic E-state index is 0.0220. The highest BCUT2D eigenvalue weighted by Crippen LogP contribution is 2.63. The summed E-state index contributed by atoms with van der Waals surface area (Å²) >= 11 is 0. The molecule has 3 unspecified atom stereocenters. The van der Waals surface area contributed by atoms with Crippen molar-refractivity contribution in [2.45, 2.75) is 276 Å². The van der Waals surface area contributed by atoms with Gasteiger partial charge in [0.25, 0.3) is 0 Å². The number of methoxy groups -OCH3 is 2. The molecule has 0 radical (unpaired) electrons. The Morgan fingerprint density at radius 2 is 0.534 bits per heavy atom. The summed E-state index contributed by atoms with van der Waals surface area (Å²) in [6.45, 7) is -0.617. The van der Waals surface area contributed by atoms with E-state index >= 15 is 18.3 Å². The fraction of sp³-hybridized carbons (Fsp3) is 0.568. The maximum absolute atomic E-state index is 16.4. The van der Waals surface area contributed by atoms with Crippen LogP contribution in [0, 0.1) is 0 Å². The maximum atomic E-state index is 16.4. The number of unbranched alkanes of at least 4 members (excludes halogenated alkanes) is 24. The van der Waals surface area contributed by atoms with E-state index in [1.54, 1.807) is 182 Å². The lowest BCUT2D eigenvalue weighted by molar-refractivity contribution is -0.260. The molecule has 116 heavy (non-hydrogen) atoms. The van der Waals surface area contributed by atoms with Gasteiger partial charge in [-0.2, -0.15) is 0 Å². The van der Waals surface area contributed by atoms with Gasteiger partial charge in [-0.1, -0.05) is 350 Å². The Kier molecular flexibility index (Phi) is 48.6. The minimum atomic E-state index is -5.26. The third-order valence-electron chi connectivity index (χ3n) is 19.4. The van der Waals surface area contributed by atoms with E-state index in [0.29, 0.717) is 46.2 Å². The maximum Gasteiger partial charge on any atom is 0.475 e. The number of ether oxygens (including phenoxy) is 6. The lowest BCUT2D eigenvalue weighted by Crippen LogP contribution is -2.67. The molecule has 0 spiro atoms. The van der Waals surface area contributed by atoms with E-state index in [1.165, 1.54) is 111 Å². The molecule has 1 aliphatic carbocycles. The highest BCUT2D eigenvalue weighted by Gasteiger charge is 2.62. The molecule has 644 valence electrons. The fourth-order valence-electron chi connectivity index (χ4n) is 13.0. The fourth-order valence-corrected chi connectivity index (χ4v) is 18.2. The second kappa shape index (κ2) is 57.7. The van der Waals surface area contributed by atoms with Crippen molar-refractivity contribution in [2.24, 2.45) is 0 Å². The predicted octanol–water partition coefficient (Wildman–Crippen LogP) is 23.3. The molecule has 0 N–H and O–H groups in total. The van der Waals surface area contributed by atoms with E-state index < -0.39 is 152 Å². The Balaban J connectivity index is 1.30. The number of phosphoric ester groups is 4. The monoisotopic (exact) mass is 1690 g/mol. The van der Waals surface area contributed by atoms with Gasteiger partial charge in [-0.25, -0.2) is 18.3 Å². The van der Waals surface area contributed by atoms with E-state index in [9.17, 15) is 9.59 Å². The smallest absolute Gasteiger partial charge is 0.462 e. The Morgan fingerprint density at radius 3 is 0.802 bits per heavy atom. The predicted molar refractivity (Wildman–Crippen MR) is 445 cm³/mol. The molecule has 0 aliphatic heterocycles. The molecule has 24 nitrogen and oxygen atoms in total. The summed E-state index contributed by atoms with van der Waals surface area (Å²) in [6, 6.07) is 52.3. The van der Waals surface area contributed by atoms with Gasteiger partial charge in [-0.15, -0.1) is 0 Å². The molecular formula is C88H128O24P4. The average molecular weight is 1690 g/mol. The summed E-state index contributed by atoms with van der Waals surface area (Å²) in [5.41, 5.74) is 3.11. The van der Waals surface area contributed by atoms with Gasteiger partial charge in [0.15, 0.2) is 6.10 Å². The number of carbonyl (C=O) groups is 2. The minimum Gasteiger partial charge on any atom is -0.462 e. The lowest BCUT2D eigenvalue weighted by atomic mass is 9.84. The summed E-state index contributed by atoms with van der Waals surface area (Å²) in [4.78, 5) is 27.6. The van der Waals surface area contributed by atoms with Crippen LogP contribution in [0.2, 0.25) is 0 Å². The van der Waals surface area contributed by atoms with Crippen LogP contribution in [0.1, 0.15) is 227 Å². The van der Waals surface area contributed by atoms with Crippen LogP contribution in [0.4, 0.5) is 0 Å². The second-order valence-corrected chi connectivity index (χ2v) is 35.6. The number of hydrogen-bond acceptors (Lipinski definition) is 24. The first-order chi connectivity index (χ1) is 56.6. The number of hydrogen-bond donors (Lipinski definition) is 0. The number of carbonyl (C=O) groups excluding carboxylic acids is 2. The van der Waals surface area contributed by atoms with Gasteiger partial charge in [0, 0.05) is 34.2 Å². The Hall–Kier alpha value is -5.46. The third-order valence-corrected chi connectivity index (χ3v) is 25.0. The molecule has 6 aromatic carbocycles. The highest BCUT2D eigenvalue weighted by atomic mass is 31.2. The van der Waals surface area contributed by atoms with Crippen molar-refractivity contribution in [3.63, 3.8) is 0 Å². The second-order valence-electron chi connectivity index (χ2n) is 29.0. The van der Waals surface area contributed by atoms with Gasteiger partial charge >= 0.3 is 43.2 Å². The molecule has 1 fully saturated rings. The lowest BCUT2D eigenvalue weighted by Gasteiger charge is -2.49. The number of benzene rings is 6. The van der Waals surface area contributed by atoms with Crippen LogP contribution in [0.25, 0.3) is 0 Å². The summed E-state index contributed by atoms with van der Waals surface area (Å²) < 4.78 is 179. The Labute approximate surface area is 689 Å². The molecule has 0 aromatic heterocycles. The Morgan fingerprint density at radius 1 is 0.293 bits per heavy atom. The average Bonchev–Trinajstić information content (AvgIpc) is 0.741. The quantitative estimate of drug-likeness (QED) is 0.0149. The number of esters is 2. The van der Waals surface area contributed by atoms with Crippen LogP contribution in [-0.2, 0) is 150 Å². The molecule has 28 heteroatoms. The van der Waals surface area contributed by atoms with Gasteiger partial charge in [-0.3, -0.25) is 63.9 Å². The van der Waals surface area contributed by atoms with Crippen molar-refractivity contribution in [1.29, 1.82) is 0 Å². The van der Waals surface area contributed by atoms with Crippen LogP contribution in [0.3, 0.4) is 0 Å². The van der Waals surface area contributed by atoms with Crippen molar-refractivity contribution in [3.05, 3.63) is 215 Å². The molecule has 7 rings (SSSR count). The topological polar surface area (TPSA) is 269 Å². The first kappa shape index (κ1) is 97.7. The van der Waals surface area contributed by atoms with Gasteiger partial charge in [0.05, 0.1) is 46.2 Å². The van der Waals surface area contributed by atoms with E-state index in [-0.39, 0.29) is 12.8 Å². The molecule has 6 aromatic rings. The highest BCUT2D eigenvalue weighted by molar-refractivity contribution is 7.49. The normalized spacial score (nSPS) is 17.4. The summed E-state index contributed by atoms with van der Waals surface area (Å²) in [6.07, 6.45) is 15.0. The Bertz CT molecular complexity index is 3460. The molecule has 8 atom stereocenters. The number of rotatable bonds is 67. The van der Waals surface area contributed by atoms with Gasteiger partial charge < -0.3 is 28.4 Å². The molecule has 1 aliphatic rings. The van der Waals surface area contributed by atoms with E-state index in [1.807, 2.05) is 0 Å². The summed E-state index contributed by atoms with van der Waals surface area (Å²) in [5, 5.41) is 0. The van der Waals surface area contributed by atoms with Crippen LogP contribution < -0.4 is 0 Å². The zero-order chi connectivity index (χ0) is 82.5.